The average Bonchev–Trinajstić information content (AvgIpc) is 3.41. The number of rotatable bonds is 0. The maximum absolute atomic E-state index is 6.46. The first kappa shape index (κ1) is 22.1. The van der Waals surface area contributed by atoms with Crippen molar-refractivity contribution in [2.75, 3.05) is 5.84 Å². The molecule has 0 saturated carbocycles. The van der Waals surface area contributed by atoms with Crippen molar-refractivity contribution < 1.29 is 0 Å². The standard InChI is InChI=1S/C28H25N5S2/c1-28(2)20-12-6-10-18(24(20)34)26-30-22(14-32(26)3)16-8-4-5-9-17(16)23-15-33(29)27(31-23)19-11-7-13-21(28)25(19)35/h4-15,34-35H,29H2,1-3H3. The number of thiol groups is 2. The second-order valence-electron chi connectivity index (χ2n) is 9.49. The van der Waals surface area contributed by atoms with Crippen LogP contribution in [0.5, 0.6) is 0 Å². The van der Waals surface area contributed by atoms with Gasteiger partial charge in [-0.15, -0.1) is 25.3 Å². The van der Waals surface area contributed by atoms with E-state index in [2.05, 4.69) is 61.0 Å². The van der Waals surface area contributed by atoms with Gasteiger partial charge in [0.1, 0.15) is 5.82 Å². The maximum Gasteiger partial charge on any atom is 0.159 e. The van der Waals surface area contributed by atoms with Crippen molar-refractivity contribution in [2.24, 2.45) is 7.05 Å². The summed E-state index contributed by atoms with van der Waals surface area (Å²) in [5, 5.41) is 0. The molecule has 0 fully saturated rings. The zero-order chi connectivity index (χ0) is 24.5. The molecule has 0 amide bonds. The van der Waals surface area contributed by atoms with Gasteiger partial charge in [0.2, 0.25) is 0 Å². The smallest absolute Gasteiger partial charge is 0.159 e. The minimum Gasteiger partial charge on any atom is -0.338 e. The van der Waals surface area contributed by atoms with Crippen molar-refractivity contribution in [3.63, 3.8) is 0 Å². The Hall–Kier alpha value is -3.42. The highest BCUT2D eigenvalue weighted by atomic mass is 32.1. The summed E-state index contributed by atoms with van der Waals surface area (Å²) < 4.78 is 3.64. The summed E-state index contributed by atoms with van der Waals surface area (Å²) in [6.07, 6.45) is 3.92. The molecule has 174 valence electrons. The van der Waals surface area contributed by atoms with Crippen molar-refractivity contribution in [1.82, 2.24) is 19.2 Å². The van der Waals surface area contributed by atoms with Gasteiger partial charge in [-0.2, -0.15) is 0 Å². The van der Waals surface area contributed by atoms with Crippen molar-refractivity contribution >= 4 is 25.3 Å². The summed E-state index contributed by atoms with van der Waals surface area (Å²) >= 11 is 10.1. The number of hydrogen-bond donors (Lipinski definition) is 3. The number of hydrogen-bond acceptors (Lipinski definition) is 5. The number of nitrogens with two attached hydrogens (primary N) is 1. The first-order chi connectivity index (χ1) is 16.8. The van der Waals surface area contributed by atoms with E-state index in [1.54, 1.807) is 4.68 Å². The molecular weight excluding hydrogens is 470 g/mol. The van der Waals surface area contributed by atoms with Gasteiger partial charge in [0.05, 0.1) is 17.6 Å². The Balaban J connectivity index is 1.76. The molecule has 2 aromatic heterocycles. The minimum absolute atomic E-state index is 0.383. The Kier molecular flexibility index (Phi) is 4.92. The Bertz CT molecular complexity index is 1510. The molecule has 0 radical (unpaired) electrons. The van der Waals surface area contributed by atoms with Gasteiger partial charge in [-0.1, -0.05) is 74.5 Å². The topological polar surface area (TPSA) is 61.7 Å². The Morgan fingerprint density at radius 2 is 1.17 bits per heavy atom. The molecule has 8 bridgehead atoms. The van der Waals surface area contributed by atoms with Crippen LogP contribution in [0.1, 0.15) is 25.0 Å². The zero-order valence-electron chi connectivity index (χ0n) is 19.7. The summed E-state index contributed by atoms with van der Waals surface area (Å²) in [4.78, 5) is 11.8. The predicted octanol–water partition coefficient (Wildman–Crippen LogP) is 6.22. The van der Waals surface area contributed by atoms with Gasteiger partial charge < -0.3 is 10.4 Å². The van der Waals surface area contributed by atoms with Crippen LogP contribution in [-0.2, 0) is 12.5 Å². The SMILES string of the molecule is Cn1cc2nc1-c1cccc(c1S)C(C)(C)c1cccc(c1S)-c1nc(cn1N)-c1ccccc1-2. The van der Waals surface area contributed by atoms with Crippen LogP contribution in [0.15, 0.2) is 82.8 Å². The second-order valence-corrected chi connectivity index (χ2v) is 10.4. The van der Waals surface area contributed by atoms with Crippen LogP contribution in [0.2, 0.25) is 0 Å². The highest BCUT2D eigenvalue weighted by molar-refractivity contribution is 7.80. The molecule has 0 saturated heterocycles. The fraction of sp³-hybridized carbons (Fsp3) is 0.143. The van der Waals surface area contributed by atoms with Crippen LogP contribution >= 0.6 is 25.3 Å². The molecule has 5 nitrogen and oxygen atoms in total. The van der Waals surface area contributed by atoms with Crippen molar-refractivity contribution in [2.45, 2.75) is 29.1 Å². The van der Waals surface area contributed by atoms with Gasteiger partial charge in [-0.3, -0.25) is 0 Å². The summed E-state index contributed by atoms with van der Waals surface area (Å²) in [7, 11) is 2.02. The quantitative estimate of drug-likeness (QED) is 0.177. The van der Waals surface area contributed by atoms with Gasteiger partial charge in [0.15, 0.2) is 5.82 Å². The monoisotopic (exact) mass is 495 g/mol. The van der Waals surface area contributed by atoms with E-state index < -0.39 is 0 Å². The third-order valence-corrected chi connectivity index (χ3v) is 7.95. The van der Waals surface area contributed by atoms with Crippen LogP contribution in [0.4, 0.5) is 0 Å². The third-order valence-electron chi connectivity index (χ3n) is 6.99. The summed E-state index contributed by atoms with van der Waals surface area (Å²) in [5.41, 5.74) is 7.28. The van der Waals surface area contributed by atoms with Crippen LogP contribution in [0.3, 0.4) is 0 Å². The molecule has 0 spiro atoms. The fourth-order valence-electron chi connectivity index (χ4n) is 5.10. The van der Waals surface area contributed by atoms with E-state index in [4.69, 9.17) is 41.1 Å². The van der Waals surface area contributed by atoms with Crippen LogP contribution < -0.4 is 5.84 Å². The summed E-state index contributed by atoms with van der Waals surface area (Å²) in [6.45, 7) is 4.39. The second kappa shape index (κ2) is 7.80. The van der Waals surface area contributed by atoms with E-state index in [0.29, 0.717) is 5.82 Å². The normalized spacial score (nSPS) is 13.6. The first-order valence-corrected chi connectivity index (χ1v) is 12.3. The number of aromatic nitrogens is 4. The lowest BCUT2D eigenvalue weighted by Gasteiger charge is -2.30. The number of imidazole rings is 2. The molecule has 3 heterocycles. The molecule has 1 aliphatic heterocycles. The number of nitrogens with zero attached hydrogens (tertiary/aromatic N) is 4. The van der Waals surface area contributed by atoms with E-state index in [9.17, 15) is 0 Å². The van der Waals surface area contributed by atoms with Crippen LogP contribution in [0, 0.1) is 0 Å². The molecule has 0 atom stereocenters. The average molecular weight is 496 g/mol. The Morgan fingerprint density at radius 3 is 1.77 bits per heavy atom. The van der Waals surface area contributed by atoms with Gasteiger partial charge in [-0.05, 0) is 11.1 Å². The summed E-state index contributed by atoms with van der Waals surface area (Å²) in [5.74, 6) is 7.98. The van der Waals surface area contributed by atoms with Gasteiger partial charge in [0, 0.05) is 50.7 Å². The highest BCUT2D eigenvalue weighted by Gasteiger charge is 2.31. The van der Waals surface area contributed by atoms with E-state index in [0.717, 1.165) is 60.4 Å². The van der Waals surface area contributed by atoms with Gasteiger partial charge in [0.25, 0.3) is 0 Å². The molecule has 6 rings (SSSR count). The van der Waals surface area contributed by atoms with Crippen molar-refractivity contribution in [3.05, 3.63) is 84.2 Å². The zero-order valence-corrected chi connectivity index (χ0v) is 21.5. The summed E-state index contributed by atoms with van der Waals surface area (Å²) in [6, 6.07) is 20.6. The largest absolute Gasteiger partial charge is 0.338 e. The number of aryl methyl sites for hydroxylation is 1. The lowest BCUT2D eigenvalue weighted by Crippen LogP contribution is -2.21. The molecule has 5 aromatic rings. The molecule has 1 aliphatic rings. The molecule has 0 unspecified atom stereocenters. The van der Waals surface area contributed by atoms with Gasteiger partial charge >= 0.3 is 0 Å². The van der Waals surface area contributed by atoms with Crippen molar-refractivity contribution in [1.29, 1.82) is 0 Å². The third kappa shape index (κ3) is 3.26. The first-order valence-electron chi connectivity index (χ1n) is 11.4. The van der Waals surface area contributed by atoms with E-state index in [1.165, 1.54) is 0 Å². The number of fused-ring (bicyclic) bond motifs is 13. The van der Waals surface area contributed by atoms with E-state index >= 15 is 0 Å². The predicted molar refractivity (Wildman–Crippen MR) is 148 cm³/mol. The molecule has 2 N–H and O–H groups in total. The molecule has 3 aromatic carbocycles. The Labute approximate surface area is 215 Å². The van der Waals surface area contributed by atoms with E-state index in [1.807, 2.05) is 37.5 Å². The minimum atomic E-state index is -0.383. The Morgan fingerprint density at radius 1 is 0.686 bits per heavy atom. The molecule has 7 heteroatoms. The molecule has 0 aliphatic carbocycles. The maximum atomic E-state index is 6.46. The lowest BCUT2D eigenvalue weighted by molar-refractivity contribution is 0.615. The van der Waals surface area contributed by atoms with Gasteiger partial charge in [-0.25, -0.2) is 14.6 Å². The molecule has 35 heavy (non-hydrogen) atoms. The number of benzene rings is 3. The van der Waals surface area contributed by atoms with Crippen LogP contribution in [-0.4, -0.2) is 19.2 Å². The lowest BCUT2D eigenvalue weighted by atomic mass is 9.77. The highest BCUT2D eigenvalue weighted by Crippen LogP contribution is 2.44. The number of nitrogen functional groups attached to an aromatic ring is 1. The van der Waals surface area contributed by atoms with Crippen LogP contribution in [0.25, 0.3) is 45.3 Å². The van der Waals surface area contributed by atoms with E-state index in [-0.39, 0.29) is 5.41 Å². The molecular formula is C28H25N5S2. The van der Waals surface area contributed by atoms with Crippen molar-refractivity contribution in [3.8, 4) is 45.3 Å². The fourth-order valence-corrected chi connectivity index (χ4v) is 6.16.